The van der Waals surface area contributed by atoms with E-state index in [1.54, 1.807) is 6.92 Å². The summed E-state index contributed by atoms with van der Waals surface area (Å²) >= 11 is 0. The Kier molecular flexibility index (Phi) is 5.39. The van der Waals surface area contributed by atoms with Crippen molar-refractivity contribution >= 4 is 11.7 Å². The number of amidine groups is 1. The number of benzene rings is 1. The van der Waals surface area contributed by atoms with Gasteiger partial charge in [-0.1, -0.05) is 18.5 Å². The lowest BCUT2D eigenvalue weighted by Gasteiger charge is -2.17. The summed E-state index contributed by atoms with van der Waals surface area (Å²) in [5.41, 5.74) is 4.47. The van der Waals surface area contributed by atoms with Gasteiger partial charge in [0.1, 0.15) is 0 Å². The lowest BCUT2D eigenvalue weighted by atomic mass is 10.1. The monoisotopic (exact) mass is 305 g/mol. The van der Waals surface area contributed by atoms with Gasteiger partial charge in [0.05, 0.1) is 11.6 Å². The summed E-state index contributed by atoms with van der Waals surface area (Å²) < 4.78 is 39.6. The molecule has 0 fully saturated rings. The Hall–Kier alpha value is -2.45. The van der Waals surface area contributed by atoms with Crippen molar-refractivity contribution in [1.29, 1.82) is 0 Å². The molecule has 0 spiro atoms. The molecule has 6 nitrogen and oxygen atoms in total. The molecule has 0 saturated heterocycles. The molecular formula is C12H14F3N3O3. The second-order valence-corrected chi connectivity index (χ2v) is 4.22. The number of nitrogens with zero attached hydrogens (tertiary/aromatic N) is 1. The van der Waals surface area contributed by atoms with Crippen LogP contribution in [0.4, 0.5) is 13.2 Å². The zero-order chi connectivity index (χ0) is 16.2. The summed E-state index contributed by atoms with van der Waals surface area (Å²) in [4.78, 5) is 11.8. The molecule has 9 heteroatoms. The van der Waals surface area contributed by atoms with E-state index in [4.69, 9.17) is 16.0 Å². The van der Waals surface area contributed by atoms with Gasteiger partial charge in [-0.05, 0) is 12.5 Å². The van der Waals surface area contributed by atoms with Gasteiger partial charge < -0.3 is 21.4 Å². The summed E-state index contributed by atoms with van der Waals surface area (Å²) in [7, 11) is 0. The molecular weight excluding hydrogens is 291 g/mol. The number of hydrogen-bond donors (Lipinski definition) is 4. The number of halogens is 3. The van der Waals surface area contributed by atoms with Gasteiger partial charge in [-0.3, -0.25) is 4.79 Å². The second-order valence-electron chi connectivity index (χ2n) is 4.22. The smallest absolute Gasteiger partial charge is 0.255 e. The maximum absolute atomic E-state index is 13.6. The predicted molar refractivity (Wildman–Crippen MR) is 67.6 cm³/mol. The standard InChI is InChI=1S/C12H14F3N3O3/c1-2-3-7(11(16)18-21)17-12(20)5-4-6(13)9(15)10(19)8(5)14/h4,7,19,21H,2-3H2,1H3,(H2,16,18)(H,17,20). The fraction of sp³-hybridized carbons (Fsp3) is 0.333. The molecule has 21 heavy (non-hydrogen) atoms. The highest BCUT2D eigenvalue weighted by Crippen LogP contribution is 2.25. The average molecular weight is 305 g/mol. The van der Waals surface area contributed by atoms with Gasteiger partial charge in [-0.2, -0.15) is 4.39 Å². The first-order valence-electron chi connectivity index (χ1n) is 5.98. The van der Waals surface area contributed by atoms with E-state index in [-0.39, 0.29) is 12.3 Å². The van der Waals surface area contributed by atoms with Gasteiger partial charge in [0.2, 0.25) is 5.82 Å². The van der Waals surface area contributed by atoms with Crippen LogP contribution in [0.2, 0.25) is 0 Å². The molecule has 0 aromatic heterocycles. The first kappa shape index (κ1) is 16.6. The van der Waals surface area contributed by atoms with E-state index >= 15 is 0 Å². The summed E-state index contributed by atoms with van der Waals surface area (Å²) in [6, 6.07) is -0.600. The Labute approximate surface area is 118 Å². The number of phenolic OH excluding ortho intramolecular Hbond substituents is 1. The Morgan fingerprint density at radius 1 is 1.43 bits per heavy atom. The molecule has 0 aliphatic carbocycles. The number of phenols is 1. The fourth-order valence-electron chi connectivity index (χ4n) is 1.64. The van der Waals surface area contributed by atoms with Crippen molar-refractivity contribution in [3.05, 3.63) is 29.1 Å². The number of carbonyl (C=O) groups excluding carboxylic acids is 1. The fourth-order valence-corrected chi connectivity index (χ4v) is 1.64. The van der Waals surface area contributed by atoms with Crippen LogP contribution in [-0.4, -0.2) is 28.1 Å². The van der Waals surface area contributed by atoms with E-state index in [2.05, 4.69) is 10.5 Å². The third-order valence-corrected chi connectivity index (χ3v) is 2.73. The van der Waals surface area contributed by atoms with E-state index in [1.165, 1.54) is 0 Å². The van der Waals surface area contributed by atoms with E-state index < -0.39 is 40.7 Å². The molecule has 5 N–H and O–H groups in total. The van der Waals surface area contributed by atoms with Gasteiger partial charge in [-0.15, -0.1) is 0 Å². The number of amides is 1. The van der Waals surface area contributed by atoms with Crippen LogP contribution in [0.1, 0.15) is 30.1 Å². The minimum atomic E-state index is -1.79. The summed E-state index contributed by atoms with van der Waals surface area (Å²) in [6.45, 7) is 1.76. The number of aromatic hydroxyl groups is 1. The lowest BCUT2D eigenvalue weighted by molar-refractivity contribution is 0.0939. The highest BCUT2D eigenvalue weighted by Gasteiger charge is 2.25. The van der Waals surface area contributed by atoms with Crippen LogP contribution in [-0.2, 0) is 0 Å². The Morgan fingerprint density at radius 3 is 2.57 bits per heavy atom. The quantitative estimate of drug-likeness (QED) is 0.217. The van der Waals surface area contributed by atoms with Crippen LogP contribution in [0.15, 0.2) is 11.2 Å². The number of carbonyl (C=O) groups is 1. The Morgan fingerprint density at radius 2 is 2.05 bits per heavy atom. The molecule has 1 atom stereocenters. The Bertz CT molecular complexity index is 579. The molecule has 0 saturated carbocycles. The molecule has 1 unspecified atom stereocenters. The maximum Gasteiger partial charge on any atom is 0.255 e. The number of rotatable bonds is 5. The van der Waals surface area contributed by atoms with Gasteiger partial charge in [0.25, 0.3) is 5.91 Å². The van der Waals surface area contributed by atoms with Crippen LogP contribution in [0.3, 0.4) is 0 Å². The zero-order valence-corrected chi connectivity index (χ0v) is 11.0. The van der Waals surface area contributed by atoms with Crippen molar-refractivity contribution in [3.63, 3.8) is 0 Å². The van der Waals surface area contributed by atoms with E-state index in [0.717, 1.165) is 0 Å². The Balaban J connectivity index is 3.09. The number of nitrogens with two attached hydrogens (primary N) is 1. The normalized spacial score (nSPS) is 13.0. The third-order valence-electron chi connectivity index (χ3n) is 2.73. The SMILES string of the molecule is CCCC(NC(=O)c1cc(F)c(F)c(O)c1F)/C(N)=N/O. The van der Waals surface area contributed by atoms with Gasteiger partial charge in [-0.25, -0.2) is 8.78 Å². The molecule has 1 amide bonds. The lowest BCUT2D eigenvalue weighted by Crippen LogP contribution is -2.44. The molecule has 0 aliphatic heterocycles. The van der Waals surface area contributed by atoms with Crippen LogP contribution < -0.4 is 11.1 Å². The zero-order valence-electron chi connectivity index (χ0n) is 11.0. The average Bonchev–Trinajstić information content (AvgIpc) is 2.47. The summed E-state index contributed by atoms with van der Waals surface area (Å²) in [5, 5.41) is 22.6. The molecule has 0 bridgehead atoms. The van der Waals surface area contributed by atoms with Crippen LogP contribution >= 0.6 is 0 Å². The molecule has 1 aromatic carbocycles. The predicted octanol–water partition coefficient (Wildman–Crippen LogP) is 1.45. The molecule has 1 rings (SSSR count). The third kappa shape index (κ3) is 3.56. The van der Waals surface area contributed by atoms with Crippen molar-refractivity contribution in [3.8, 4) is 5.75 Å². The molecule has 0 heterocycles. The minimum absolute atomic E-state index is 0.277. The summed E-state index contributed by atoms with van der Waals surface area (Å²) in [5.74, 6) is -8.00. The van der Waals surface area contributed by atoms with Crippen LogP contribution in [0.5, 0.6) is 5.75 Å². The molecule has 0 radical (unpaired) electrons. The van der Waals surface area contributed by atoms with E-state index in [1.807, 2.05) is 0 Å². The van der Waals surface area contributed by atoms with E-state index in [0.29, 0.717) is 12.5 Å². The number of nitrogens with one attached hydrogen (secondary N) is 1. The minimum Gasteiger partial charge on any atom is -0.503 e. The van der Waals surface area contributed by atoms with Gasteiger partial charge in [0, 0.05) is 0 Å². The van der Waals surface area contributed by atoms with Crippen molar-refractivity contribution in [1.82, 2.24) is 5.32 Å². The first-order valence-corrected chi connectivity index (χ1v) is 5.98. The number of oxime groups is 1. The van der Waals surface area contributed by atoms with Crippen LogP contribution in [0.25, 0.3) is 0 Å². The molecule has 116 valence electrons. The number of hydrogen-bond acceptors (Lipinski definition) is 4. The summed E-state index contributed by atoms with van der Waals surface area (Å²) in [6.07, 6.45) is 0.825. The van der Waals surface area contributed by atoms with Gasteiger partial charge >= 0.3 is 0 Å². The molecule has 0 aliphatic rings. The highest BCUT2D eigenvalue weighted by molar-refractivity contribution is 5.98. The van der Waals surface area contributed by atoms with Crippen molar-refractivity contribution < 1.29 is 28.3 Å². The van der Waals surface area contributed by atoms with Crippen molar-refractivity contribution in [2.24, 2.45) is 10.9 Å². The second kappa shape index (κ2) is 6.82. The maximum atomic E-state index is 13.6. The topological polar surface area (TPSA) is 108 Å². The van der Waals surface area contributed by atoms with Crippen molar-refractivity contribution in [2.75, 3.05) is 0 Å². The van der Waals surface area contributed by atoms with Gasteiger partial charge in [0.15, 0.2) is 23.2 Å². The van der Waals surface area contributed by atoms with Crippen molar-refractivity contribution in [2.45, 2.75) is 25.8 Å². The largest absolute Gasteiger partial charge is 0.503 e. The molecule has 1 aromatic rings. The van der Waals surface area contributed by atoms with E-state index in [9.17, 15) is 18.0 Å². The van der Waals surface area contributed by atoms with Crippen LogP contribution in [0, 0.1) is 17.5 Å². The first-order chi connectivity index (χ1) is 9.83. The highest BCUT2D eigenvalue weighted by atomic mass is 19.2.